The predicted molar refractivity (Wildman–Crippen MR) is 127 cm³/mol. The minimum Gasteiger partial charge on any atom is -0.494 e. The van der Waals surface area contributed by atoms with E-state index in [-0.39, 0.29) is 24.2 Å². The summed E-state index contributed by atoms with van der Waals surface area (Å²) < 4.78 is 19.1. The normalized spacial score (nSPS) is 19.8. The van der Waals surface area contributed by atoms with Gasteiger partial charge in [-0.15, -0.1) is 0 Å². The molecule has 33 heavy (non-hydrogen) atoms. The van der Waals surface area contributed by atoms with Gasteiger partial charge in [-0.05, 0) is 60.5 Å². The molecule has 2 N–H and O–H groups in total. The lowest BCUT2D eigenvalue weighted by atomic mass is 9.88. The van der Waals surface area contributed by atoms with E-state index in [1.807, 2.05) is 12.1 Å². The molecule has 6 heteroatoms. The second-order valence-corrected chi connectivity index (χ2v) is 8.31. The summed E-state index contributed by atoms with van der Waals surface area (Å²) in [4.78, 5) is 15.3. The number of amides is 1. The molecule has 2 unspecified atom stereocenters. The molecule has 2 aliphatic rings. The molecule has 1 amide bonds. The van der Waals surface area contributed by atoms with Gasteiger partial charge in [0, 0.05) is 18.0 Å². The van der Waals surface area contributed by atoms with Crippen LogP contribution in [-0.2, 0) is 0 Å². The van der Waals surface area contributed by atoms with Gasteiger partial charge in [0.1, 0.15) is 0 Å². The molecule has 3 atom stereocenters. The maximum atomic E-state index is 14.1. The highest BCUT2D eigenvalue weighted by Gasteiger charge is 2.33. The third-order valence-corrected chi connectivity index (χ3v) is 6.26. The number of ether oxygens (including phenoxy) is 1. The van der Waals surface area contributed by atoms with Crippen molar-refractivity contribution in [2.24, 2.45) is 5.92 Å². The van der Waals surface area contributed by atoms with Crippen LogP contribution < -0.4 is 10.1 Å². The predicted octanol–water partition coefficient (Wildman–Crippen LogP) is 4.31. The summed E-state index contributed by atoms with van der Waals surface area (Å²) in [6.07, 6.45) is 11.2. The molecule has 1 aliphatic carbocycles. The maximum Gasteiger partial charge on any atom is 0.251 e. The van der Waals surface area contributed by atoms with E-state index in [2.05, 4.69) is 41.6 Å². The number of carbonyl (C=O) groups excluding carboxylic acids is 1. The van der Waals surface area contributed by atoms with Crippen LogP contribution in [0.1, 0.15) is 23.7 Å². The SMILES string of the molecule is CCN1C=C(C[C@H](CO)NC(=O)c2cccc(-c3ccc(OC)c(F)c3)c2)C2C=CC=CC21. The number of aliphatic hydroxyl groups is 1. The van der Waals surface area contributed by atoms with Crippen LogP contribution in [-0.4, -0.2) is 48.3 Å². The number of fused-ring (bicyclic) bond motifs is 1. The van der Waals surface area contributed by atoms with Crippen molar-refractivity contribution in [2.45, 2.75) is 25.4 Å². The Morgan fingerprint density at radius 3 is 2.70 bits per heavy atom. The van der Waals surface area contributed by atoms with E-state index in [0.717, 1.165) is 12.1 Å². The van der Waals surface area contributed by atoms with Crippen LogP contribution in [0.25, 0.3) is 11.1 Å². The third-order valence-electron chi connectivity index (χ3n) is 6.26. The first kappa shape index (κ1) is 22.8. The molecule has 0 radical (unpaired) electrons. The molecule has 0 saturated heterocycles. The van der Waals surface area contributed by atoms with Crippen LogP contribution in [0.5, 0.6) is 5.75 Å². The number of methoxy groups -OCH3 is 1. The van der Waals surface area contributed by atoms with Gasteiger partial charge in [0.2, 0.25) is 0 Å². The van der Waals surface area contributed by atoms with E-state index in [0.29, 0.717) is 23.6 Å². The third kappa shape index (κ3) is 4.86. The number of carbonyl (C=O) groups is 1. The van der Waals surface area contributed by atoms with E-state index in [4.69, 9.17) is 4.74 Å². The van der Waals surface area contributed by atoms with Gasteiger partial charge in [0.15, 0.2) is 11.6 Å². The van der Waals surface area contributed by atoms with Gasteiger partial charge in [-0.3, -0.25) is 4.79 Å². The Morgan fingerprint density at radius 1 is 1.18 bits per heavy atom. The van der Waals surface area contributed by atoms with Crippen molar-refractivity contribution in [3.05, 3.63) is 89.9 Å². The van der Waals surface area contributed by atoms with Gasteiger partial charge < -0.3 is 20.1 Å². The molecule has 0 spiro atoms. The number of hydrogen-bond acceptors (Lipinski definition) is 4. The Balaban J connectivity index is 1.47. The van der Waals surface area contributed by atoms with E-state index in [1.165, 1.54) is 18.7 Å². The number of allylic oxidation sites excluding steroid dienone is 2. The average Bonchev–Trinajstić information content (AvgIpc) is 3.21. The Morgan fingerprint density at radius 2 is 1.97 bits per heavy atom. The van der Waals surface area contributed by atoms with E-state index in [9.17, 15) is 14.3 Å². The van der Waals surface area contributed by atoms with Gasteiger partial charge in [-0.25, -0.2) is 4.39 Å². The van der Waals surface area contributed by atoms with Crippen molar-refractivity contribution in [1.82, 2.24) is 10.2 Å². The second-order valence-electron chi connectivity index (χ2n) is 8.31. The number of rotatable bonds is 8. The highest BCUT2D eigenvalue weighted by atomic mass is 19.1. The quantitative estimate of drug-likeness (QED) is 0.632. The molecule has 1 aliphatic heterocycles. The van der Waals surface area contributed by atoms with Crippen molar-refractivity contribution < 1.29 is 19.0 Å². The fourth-order valence-electron chi connectivity index (χ4n) is 4.53. The number of nitrogens with one attached hydrogen (secondary N) is 1. The van der Waals surface area contributed by atoms with Crippen LogP contribution in [0, 0.1) is 11.7 Å². The molecular weight excluding hydrogens is 419 g/mol. The maximum absolute atomic E-state index is 14.1. The topological polar surface area (TPSA) is 61.8 Å². The summed E-state index contributed by atoms with van der Waals surface area (Å²) in [7, 11) is 1.42. The Bertz CT molecular complexity index is 1110. The molecule has 2 aromatic carbocycles. The fraction of sp³-hybridized carbons (Fsp3) is 0.296. The summed E-state index contributed by atoms with van der Waals surface area (Å²) in [5.74, 6) is -0.298. The first-order chi connectivity index (χ1) is 16.0. The van der Waals surface area contributed by atoms with Crippen molar-refractivity contribution >= 4 is 5.91 Å². The summed E-state index contributed by atoms with van der Waals surface area (Å²) >= 11 is 0. The smallest absolute Gasteiger partial charge is 0.251 e. The monoisotopic (exact) mass is 448 g/mol. The Hall–Kier alpha value is -3.38. The zero-order valence-corrected chi connectivity index (χ0v) is 18.9. The Kier molecular flexibility index (Phi) is 6.94. The molecule has 5 nitrogen and oxygen atoms in total. The number of nitrogens with zero attached hydrogens (tertiary/aromatic N) is 1. The molecule has 0 fully saturated rings. The number of hydrogen-bond donors (Lipinski definition) is 2. The minimum atomic E-state index is -0.457. The van der Waals surface area contributed by atoms with Crippen LogP contribution in [0.4, 0.5) is 4.39 Å². The van der Waals surface area contributed by atoms with Crippen LogP contribution in [0.15, 0.2) is 78.5 Å². The molecule has 2 aromatic rings. The van der Waals surface area contributed by atoms with Crippen LogP contribution in [0.2, 0.25) is 0 Å². The van der Waals surface area contributed by atoms with Crippen LogP contribution in [0.3, 0.4) is 0 Å². The zero-order valence-electron chi connectivity index (χ0n) is 18.9. The molecule has 4 rings (SSSR count). The minimum absolute atomic E-state index is 0.157. The number of halogens is 1. The lowest BCUT2D eigenvalue weighted by Crippen LogP contribution is -2.38. The first-order valence-corrected chi connectivity index (χ1v) is 11.2. The van der Waals surface area contributed by atoms with Gasteiger partial charge >= 0.3 is 0 Å². The van der Waals surface area contributed by atoms with Gasteiger partial charge in [0.05, 0.1) is 25.8 Å². The van der Waals surface area contributed by atoms with Crippen molar-refractivity contribution in [3.63, 3.8) is 0 Å². The lowest BCUT2D eigenvalue weighted by Gasteiger charge is -2.27. The summed E-state index contributed by atoms with van der Waals surface area (Å²) in [6, 6.07) is 11.6. The Labute approximate surface area is 193 Å². The largest absolute Gasteiger partial charge is 0.494 e. The van der Waals surface area contributed by atoms with E-state index >= 15 is 0 Å². The van der Waals surface area contributed by atoms with Crippen molar-refractivity contribution in [1.29, 1.82) is 0 Å². The molecular formula is C27H29FN2O3. The van der Waals surface area contributed by atoms with Gasteiger partial charge in [0.25, 0.3) is 5.91 Å². The first-order valence-electron chi connectivity index (χ1n) is 11.2. The zero-order chi connectivity index (χ0) is 23.4. The molecule has 0 bridgehead atoms. The molecule has 0 saturated carbocycles. The van der Waals surface area contributed by atoms with E-state index < -0.39 is 11.9 Å². The molecule has 0 aromatic heterocycles. The summed E-state index contributed by atoms with van der Waals surface area (Å²) in [6.45, 7) is 2.86. The highest BCUT2D eigenvalue weighted by Crippen LogP contribution is 2.35. The average molecular weight is 449 g/mol. The van der Waals surface area contributed by atoms with Crippen molar-refractivity contribution in [2.75, 3.05) is 20.3 Å². The molecule has 1 heterocycles. The fourth-order valence-corrected chi connectivity index (χ4v) is 4.53. The second kappa shape index (κ2) is 10.0. The standard InChI is InChI=1S/C27H29FN2O3/c1-3-30-16-21(23-9-4-5-10-25(23)30)14-22(17-31)29-27(32)20-8-6-7-18(13-20)19-11-12-26(33-2)24(28)15-19/h4-13,15-16,22-23,25,31H,3,14,17H2,1-2H3,(H,29,32)/t22-,23?,25?/m1/s1. The van der Waals surface area contributed by atoms with Crippen molar-refractivity contribution in [3.8, 4) is 16.9 Å². The van der Waals surface area contributed by atoms with E-state index in [1.54, 1.807) is 30.3 Å². The van der Waals surface area contributed by atoms with Gasteiger partial charge in [-0.1, -0.05) is 42.5 Å². The summed E-state index contributed by atoms with van der Waals surface area (Å²) in [5, 5.41) is 12.9. The van der Waals surface area contributed by atoms with Gasteiger partial charge in [-0.2, -0.15) is 0 Å². The number of benzene rings is 2. The number of aliphatic hydroxyl groups excluding tert-OH is 1. The number of likely N-dealkylation sites (N-methyl/N-ethyl adjacent to an activating group) is 1. The lowest BCUT2D eigenvalue weighted by molar-refractivity contribution is 0.0916. The van der Waals surface area contributed by atoms with Crippen LogP contribution >= 0.6 is 0 Å². The summed E-state index contributed by atoms with van der Waals surface area (Å²) in [5.41, 5.74) is 3.03. The highest BCUT2D eigenvalue weighted by molar-refractivity contribution is 5.95. The molecule has 172 valence electrons.